The Morgan fingerprint density at radius 2 is 1.03 bits per heavy atom. The van der Waals surface area contributed by atoms with Crippen LogP contribution in [0.25, 0.3) is 0 Å². The molecule has 35 heavy (non-hydrogen) atoms. The summed E-state index contributed by atoms with van der Waals surface area (Å²) in [6.07, 6.45) is 8.82. The minimum atomic E-state index is -0.0684. The first-order valence-electron chi connectivity index (χ1n) is 13.7. The Kier molecular flexibility index (Phi) is 9.22. The summed E-state index contributed by atoms with van der Waals surface area (Å²) in [7, 11) is 0. The van der Waals surface area contributed by atoms with E-state index >= 15 is 0 Å². The van der Waals surface area contributed by atoms with Gasteiger partial charge in [-0.05, 0) is 88.8 Å². The fraction of sp³-hybridized carbons (Fsp3) is 0.471. The zero-order valence-corrected chi connectivity index (χ0v) is 23.0. The molecule has 0 aliphatic heterocycles. The molecular formula is C34H46O. The van der Waals surface area contributed by atoms with E-state index in [4.69, 9.17) is 0 Å². The van der Waals surface area contributed by atoms with Crippen molar-refractivity contribution in [2.24, 2.45) is 0 Å². The standard InChI is InChI=1S/C34H46O/c1-7-9-16-26-18-11-13-21-30(26)33(3,4)24-28-20-15-23-32(35)29(28)25-34(5,6)31-22-14-12-19-27(31)17-10-8-2/h11-15,18-23,35H,7-10,16-17,24-25H2,1-6H3. The molecule has 0 bridgehead atoms. The summed E-state index contributed by atoms with van der Waals surface area (Å²) in [4.78, 5) is 0. The van der Waals surface area contributed by atoms with E-state index in [9.17, 15) is 5.11 Å². The van der Waals surface area contributed by atoms with Crippen LogP contribution in [0, 0.1) is 0 Å². The lowest BCUT2D eigenvalue weighted by molar-refractivity contribution is 0.442. The van der Waals surface area contributed by atoms with E-state index in [1.807, 2.05) is 12.1 Å². The molecule has 0 radical (unpaired) electrons. The Morgan fingerprint density at radius 3 is 1.54 bits per heavy atom. The van der Waals surface area contributed by atoms with Crippen molar-refractivity contribution in [3.63, 3.8) is 0 Å². The molecule has 0 amide bonds. The van der Waals surface area contributed by atoms with E-state index in [0.29, 0.717) is 5.75 Å². The van der Waals surface area contributed by atoms with Gasteiger partial charge in [0.25, 0.3) is 0 Å². The number of phenols is 1. The van der Waals surface area contributed by atoms with Gasteiger partial charge in [0.05, 0.1) is 0 Å². The highest BCUT2D eigenvalue weighted by Gasteiger charge is 2.29. The van der Waals surface area contributed by atoms with Crippen LogP contribution in [-0.4, -0.2) is 5.11 Å². The highest BCUT2D eigenvalue weighted by atomic mass is 16.3. The van der Waals surface area contributed by atoms with Gasteiger partial charge in [-0.15, -0.1) is 0 Å². The number of hydrogen-bond acceptors (Lipinski definition) is 1. The molecular weight excluding hydrogens is 424 g/mol. The van der Waals surface area contributed by atoms with Gasteiger partial charge in [0, 0.05) is 0 Å². The van der Waals surface area contributed by atoms with Crippen LogP contribution in [0.4, 0.5) is 0 Å². The molecule has 1 heteroatoms. The maximum Gasteiger partial charge on any atom is 0.119 e. The lowest BCUT2D eigenvalue weighted by Crippen LogP contribution is -2.26. The second-order valence-corrected chi connectivity index (χ2v) is 11.6. The van der Waals surface area contributed by atoms with Crippen LogP contribution in [0.15, 0.2) is 66.7 Å². The molecule has 0 atom stereocenters. The molecule has 0 aliphatic rings. The Labute approximate surface area is 214 Å². The summed E-state index contributed by atoms with van der Waals surface area (Å²) in [6, 6.07) is 23.9. The monoisotopic (exact) mass is 470 g/mol. The van der Waals surface area contributed by atoms with Crippen LogP contribution in [0.1, 0.15) is 101 Å². The smallest absolute Gasteiger partial charge is 0.119 e. The second kappa shape index (κ2) is 11.9. The number of rotatable bonds is 12. The third-order valence-electron chi connectivity index (χ3n) is 7.59. The van der Waals surface area contributed by atoms with Gasteiger partial charge in [-0.1, -0.05) is 115 Å². The average molecular weight is 471 g/mol. The Bertz CT molecular complexity index is 1090. The number of phenolic OH excluding ortho intramolecular Hbond substituents is 1. The third kappa shape index (κ3) is 6.78. The molecule has 0 heterocycles. The van der Waals surface area contributed by atoms with E-state index in [1.165, 1.54) is 53.5 Å². The van der Waals surface area contributed by atoms with Gasteiger partial charge < -0.3 is 5.11 Å². The van der Waals surface area contributed by atoms with Crippen LogP contribution in [-0.2, 0) is 36.5 Å². The Hall–Kier alpha value is -2.54. The van der Waals surface area contributed by atoms with Gasteiger partial charge in [0.15, 0.2) is 0 Å². The average Bonchev–Trinajstić information content (AvgIpc) is 2.83. The first-order chi connectivity index (χ1) is 16.7. The maximum absolute atomic E-state index is 11.1. The molecule has 0 aromatic heterocycles. The molecule has 0 aliphatic carbocycles. The van der Waals surface area contributed by atoms with Crippen molar-refractivity contribution in [1.82, 2.24) is 0 Å². The topological polar surface area (TPSA) is 20.2 Å². The normalized spacial score (nSPS) is 12.2. The second-order valence-electron chi connectivity index (χ2n) is 11.6. The van der Waals surface area contributed by atoms with Crippen molar-refractivity contribution in [3.8, 4) is 5.75 Å². The third-order valence-corrected chi connectivity index (χ3v) is 7.59. The van der Waals surface area contributed by atoms with Crippen molar-refractivity contribution in [2.75, 3.05) is 0 Å². The maximum atomic E-state index is 11.1. The van der Waals surface area contributed by atoms with Crippen molar-refractivity contribution >= 4 is 0 Å². The predicted octanol–water partition coefficient (Wildman–Crippen LogP) is 9.12. The largest absolute Gasteiger partial charge is 0.508 e. The molecule has 3 aromatic carbocycles. The number of benzene rings is 3. The van der Waals surface area contributed by atoms with E-state index in [-0.39, 0.29) is 10.8 Å². The molecule has 0 saturated carbocycles. The van der Waals surface area contributed by atoms with Crippen molar-refractivity contribution in [2.45, 2.75) is 104 Å². The number of hydrogen-bond donors (Lipinski definition) is 1. The fourth-order valence-electron chi connectivity index (χ4n) is 5.63. The summed E-state index contributed by atoms with van der Waals surface area (Å²) < 4.78 is 0. The Morgan fingerprint density at radius 1 is 0.571 bits per heavy atom. The van der Waals surface area contributed by atoms with Gasteiger partial charge >= 0.3 is 0 Å². The van der Waals surface area contributed by atoms with E-state index in [1.54, 1.807) is 0 Å². The van der Waals surface area contributed by atoms with Crippen molar-refractivity contribution in [3.05, 3.63) is 100 Å². The lowest BCUT2D eigenvalue weighted by Gasteiger charge is -2.32. The minimum Gasteiger partial charge on any atom is -0.508 e. The SMILES string of the molecule is CCCCc1ccccc1C(C)(C)Cc1cccc(O)c1CC(C)(C)c1ccccc1CCCC. The lowest BCUT2D eigenvalue weighted by atomic mass is 9.72. The number of unbranched alkanes of at least 4 members (excludes halogenated alkanes) is 2. The molecule has 0 fully saturated rings. The summed E-state index contributed by atoms with van der Waals surface area (Å²) in [5.41, 5.74) is 8.03. The number of aryl methyl sites for hydroxylation is 2. The summed E-state index contributed by atoms with van der Waals surface area (Å²) >= 11 is 0. The highest BCUT2D eigenvalue weighted by Crippen LogP contribution is 2.38. The van der Waals surface area contributed by atoms with Crippen LogP contribution in [0.2, 0.25) is 0 Å². The number of aromatic hydroxyl groups is 1. The predicted molar refractivity (Wildman–Crippen MR) is 152 cm³/mol. The van der Waals surface area contributed by atoms with Crippen LogP contribution in [0.5, 0.6) is 5.75 Å². The highest BCUT2D eigenvalue weighted by molar-refractivity contribution is 5.45. The zero-order chi connectivity index (χ0) is 25.5. The van der Waals surface area contributed by atoms with Gasteiger partial charge in [-0.3, -0.25) is 0 Å². The van der Waals surface area contributed by atoms with Gasteiger partial charge in [-0.25, -0.2) is 0 Å². The van der Waals surface area contributed by atoms with Crippen molar-refractivity contribution in [1.29, 1.82) is 0 Å². The molecule has 1 nitrogen and oxygen atoms in total. The van der Waals surface area contributed by atoms with E-state index in [0.717, 1.165) is 31.2 Å². The first-order valence-corrected chi connectivity index (χ1v) is 13.7. The quantitative estimate of drug-likeness (QED) is 0.280. The molecule has 3 aromatic rings. The van der Waals surface area contributed by atoms with Crippen LogP contribution >= 0.6 is 0 Å². The van der Waals surface area contributed by atoms with Gasteiger partial charge in [0.1, 0.15) is 5.75 Å². The molecule has 1 N–H and O–H groups in total. The van der Waals surface area contributed by atoms with Crippen LogP contribution < -0.4 is 0 Å². The van der Waals surface area contributed by atoms with Crippen molar-refractivity contribution < 1.29 is 5.11 Å². The minimum absolute atomic E-state index is 0.0178. The molecule has 0 saturated heterocycles. The summed E-state index contributed by atoms with van der Waals surface area (Å²) in [5.74, 6) is 0.427. The molecule has 3 rings (SSSR count). The zero-order valence-electron chi connectivity index (χ0n) is 23.0. The molecule has 0 spiro atoms. The Balaban J connectivity index is 1.94. The summed E-state index contributed by atoms with van der Waals surface area (Å²) in [5, 5.41) is 11.1. The van der Waals surface area contributed by atoms with E-state index < -0.39 is 0 Å². The van der Waals surface area contributed by atoms with Crippen LogP contribution in [0.3, 0.4) is 0 Å². The molecule has 0 unspecified atom stereocenters. The van der Waals surface area contributed by atoms with Gasteiger partial charge in [-0.2, -0.15) is 0 Å². The summed E-state index contributed by atoms with van der Waals surface area (Å²) in [6.45, 7) is 13.9. The molecule has 188 valence electrons. The first kappa shape index (κ1) is 27.1. The van der Waals surface area contributed by atoms with E-state index in [2.05, 4.69) is 96.1 Å². The van der Waals surface area contributed by atoms with Gasteiger partial charge in [0.2, 0.25) is 0 Å². The fourth-order valence-corrected chi connectivity index (χ4v) is 5.63.